The maximum atomic E-state index is 12.9. The van der Waals surface area contributed by atoms with Crippen molar-refractivity contribution in [1.82, 2.24) is 9.78 Å². The third-order valence-corrected chi connectivity index (χ3v) is 6.31. The average molecular weight is 381 g/mol. The number of amides is 1. The molecule has 0 aromatic carbocycles. The Balaban J connectivity index is 2.20. The van der Waals surface area contributed by atoms with Gasteiger partial charge in [0.25, 0.3) is 0 Å². The highest BCUT2D eigenvalue weighted by atomic mass is 35.5. The van der Waals surface area contributed by atoms with Gasteiger partial charge in [0.2, 0.25) is 5.91 Å². The molecule has 1 heterocycles. The second-order valence-electron chi connectivity index (χ2n) is 6.14. The summed E-state index contributed by atoms with van der Waals surface area (Å²) >= 11 is 8.12. The van der Waals surface area contributed by atoms with Gasteiger partial charge in [-0.1, -0.05) is 18.0 Å². The van der Waals surface area contributed by atoms with Crippen LogP contribution in [0.15, 0.2) is 29.5 Å². The van der Waals surface area contributed by atoms with Crippen LogP contribution in [0.25, 0.3) is 5.70 Å². The van der Waals surface area contributed by atoms with Gasteiger partial charge in [-0.05, 0) is 51.8 Å². The lowest BCUT2D eigenvalue weighted by molar-refractivity contribution is -0.119. The SMILES string of the molecule is C=N/C=C\C=C(/C)n1cc(N(CC)C(=O)CC2(SC)CCC2)c(Cl)n1. The van der Waals surface area contributed by atoms with E-state index in [1.165, 1.54) is 6.42 Å². The summed E-state index contributed by atoms with van der Waals surface area (Å²) in [5.41, 5.74) is 1.53. The molecule has 1 amide bonds. The maximum Gasteiger partial charge on any atom is 0.228 e. The number of carbonyl (C=O) groups is 1. The number of allylic oxidation sites excluding steroid dienone is 3. The lowest BCUT2D eigenvalue weighted by Gasteiger charge is -2.40. The molecule has 2 rings (SSSR count). The summed E-state index contributed by atoms with van der Waals surface area (Å²) in [6.45, 7) is 7.83. The monoisotopic (exact) mass is 380 g/mol. The Bertz CT molecular complexity index is 686. The van der Waals surface area contributed by atoms with Gasteiger partial charge in [0, 0.05) is 29.6 Å². The van der Waals surface area contributed by atoms with E-state index in [1.54, 1.807) is 39.8 Å². The topological polar surface area (TPSA) is 50.5 Å². The number of halogens is 1. The fourth-order valence-electron chi connectivity index (χ4n) is 2.90. The van der Waals surface area contributed by atoms with E-state index in [0.29, 0.717) is 23.8 Å². The third-order valence-electron chi connectivity index (χ3n) is 4.62. The van der Waals surface area contributed by atoms with Gasteiger partial charge in [0.15, 0.2) is 5.15 Å². The minimum atomic E-state index is 0.102. The van der Waals surface area contributed by atoms with E-state index in [9.17, 15) is 4.79 Å². The molecule has 5 nitrogen and oxygen atoms in total. The normalized spacial score (nSPS) is 16.7. The summed E-state index contributed by atoms with van der Waals surface area (Å²) < 4.78 is 1.78. The Kier molecular flexibility index (Phi) is 6.90. The van der Waals surface area contributed by atoms with Crippen LogP contribution in [-0.4, -0.2) is 40.0 Å². The summed E-state index contributed by atoms with van der Waals surface area (Å²) in [7, 11) is 0. The van der Waals surface area contributed by atoms with Gasteiger partial charge in [-0.2, -0.15) is 16.9 Å². The van der Waals surface area contributed by atoms with E-state index in [1.807, 2.05) is 19.9 Å². The number of anilines is 1. The van der Waals surface area contributed by atoms with Gasteiger partial charge in [-0.15, -0.1) is 0 Å². The molecule has 0 spiro atoms. The fourth-order valence-corrected chi connectivity index (χ4v) is 4.10. The summed E-state index contributed by atoms with van der Waals surface area (Å²) in [6, 6.07) is 0. The molecule has 25 heavy (non-hydrogen) atoms. The van der Waals surface area contributed by atoms with Crippen molar-refractivity contribution in [3.63, 3.8) is 0 Å². The zero-order valence-electron chi connectivity index (χ0n) is 15.0. The van der Waals surface area contributed by atoms with Gasteiger partial charge in [-0.25, -0.2) is 4.68 Å². The molecule has 0 saturated heterocycles. The molecule has 136 valence electrons. The van der Waals surface area contributed by atoms with E-state index in [4.69, 9.17) is 11.6 Å². The zero-order chi connectivity index (χ0) is 18.4. The van der Waals surface area contributed by atoms with Crippen LogP contribution < -0.4 is 4.90 Å². The smallest absolute Gasteiger partial charge is 0.228 e. The number of nitrogens with zero attached hydrogens (tertiary/aromatic N) is 4. The molecule has 0 atom stereocenters. The Morgan fingerprint density at radius 1 is 1.60 bits per heavy atom. The summed E-state index contributed by atoms with van der Waals surface area (Å²) in [4.78, 5) is 18.2. The number of hydrogen-bond acceptors (Lipinski definition) is 4. The van der Waals surface area contributed by atoms with Crippen molar-refractivity contribution in [2.45, 2.75) is 44.3 Å². The number of aliphatic imine (C=N–C) groups is 1. The zero-order valence-corrected chi connectivity index (χ0v) is 16.6. The summed E-state index contributed by atoms with van der Waals surface area (Å²) in [5, 5.41) is 4.66. The Morgan fingerprint density at radius 3 is 2.84 bits per heavy atom. The van der Waals surface area contributed by atoms with Crippen LogP contribution in [0.3, 0.4) is 0 Å². The fraction of sp³-hybridized carbons (Fsp3) is 0.500. The van der Waals surface area contributed by atoms with E-state index in [0.717, 1.165) is 18.5 Å². The third kappa shape index (κ3) is 4.55. The van der Waals surface area contributed by atoms with Gasteiger partial charge < -0.3 is 4.90 Å². The van der Waals surface area contributed by atoms with Crippen molar-refractivity contribution in [2.24, 2.45) is 4.99 Å². The molecule has 0 aliphatic heterocycles. The van der Waals surface area contributed by atoms with Gasteiger partial charge in [0.1, 0.15) is 5.69 Å². The molecular weight excluding hydrogens is 356 g/mol. The first-order valence-electron chi connectivity index (χ1n) is 8.36. The van der Waals surface area contributed by atoms with Gasteiger partial charge >= 0.3 is 0 Å². The molecule has 1 aromatic heterocycles. The number of aromatic nitrogens is 2. The lowest BCUT2D eigenvalue weighted by atomic mass is 9.81. The highest BCUT2D eigenvalue weighted by Crippen LogP contribution is 2.46. The molecule has 1 aliphatic rings. The van der Waals surface area contributed by atoms with Crippen LogP contribution in [0.5, 0.6) is 0 Å². The van der Waals surface area contributed by atoms with E-state index >= 15 is 0 Å². The molecule has 1 aliphatic carbocycles. The average Bonchev–Trinajstić information content (AvgIpc) is 2.94. The lowest BCUT2D eigenvalue weighted by Crippen LogP contribution is -2.41. The maximum absolute atomic E-state index is 12.9. The molecular formula is C18H25ClN4OS. The highest BCUT2D eigenvalue weighted by Gasteiger charge is 2.39. The molecule has 1 saturated carbocycles. The first-order valence-corrected chi connectivity index (χ1v) is 9.97. The summed E-state index contributed by atoms with van der Waals surface area (Å²) in [5.74, 6) is 0.107. The number of hydrogen-bond donors (Lipinski definition) is 0. The van der Waals surface area contributed by atoms with Crippen LogP contribution in [-0.2, 0) is 4.79 Å². The van der Waals surface area contributed by atoms with Crippen molar-refractivity contribution < 1.29 is 4.79 Å². The largest absolute Gasteiger partial charge is 0.308 e. The Labute approximate surface area is 158 Å². The molecule has 0 unspecified atom stereocenters. The predicted molar refractivity (Wildman–Crippen MR) is 109 cm³/mol. The summed E-state index contributed by atoms with van der Waals surface area (Å²) in [6.07, 6.45) is 13.1. The second kappa shape index (κ2) is 8.72. The molecule has 7 heteroatoms. The Morgan fingerprint density at radius 2 is 2.32 bits per heavy atom. The quantitative estimate of drug-likeness (QED) is 0.487. The number of thioether (sulfide) groups is 1. The van der Waals surface area contributed by atoms with Crippen LogP contribution in [0, 0.1) is 0 Å². The first-order chi connectivity index (χ1) is 12.0. The van der Waals surface area contributed by atoms with Gasteiger partial charge in [-0.3, -0.25) is 9.79 Å². The van der Waals surface area contributed by atoms with Gasteiger partial charge in [0.05, 0.1) is 6.20 Å². The van der Waals surface area contributed by atoms with Crippen molar-refractivity contribution in [3.05, 3.63) is 29.7 Å². The second-order valence-corrected chi connectivity index (χ2v) is 7.77. The molecule has 1 fully saturated rings. The van der Waals surface area contributed by atoms with Crippen molar-refractivity contribution in [3.8, 4) is 0 Å². The number of carbonyl (C=O) groups excluding carboxylic acids is 1. The van der Waals surface area contributed by atoms with Crippen LogP contribution >= 0.6 is 23.4 Å². The van der Waals surface area contributed by atoms with Crippen molar-refractivity contribution in [1.29, 1.82) is 0 Å². The van der Waals surface area contributed by atoms with Crippen LogP contribution in [0.2, 0.25) is 5.15 Å². The minimum absolute atomic E-state index is 0.102. The molecule has 0 radical (unpaired) electrons. The van der Waals surface area contributed by atoms with Crippen molar-refractivity contribution >= 4 is 47.4 Å². The minimum Gasteiger partial charge on any atom is -0.308 e. The molecule has 0 N–H and O–H groups in total. The van der Waals surface area contributed by atoms with E-state index in [-0.39, 0.29) is 10.7 Å². The first kappa shape index (κ1) is 19.8. The van der Waals surface area contributed by atoms with Crippen molar-refractivity contribution in [2.75, 3.05) is 17.7 Å². The molecule has 1 aromatic rings. The molecule has 0 bridgehead atoms. The predicted octanol–water partition coefficient (Wildman–Crippen LogP) is 4.64. The van der Waals surface area contributed by atoms with E-state index < -0.39 is 0 Å². The van der Waals surface area contributed by atoms with Crippen LogP contribution in [0.4, 0.5) is 5.69 Å². The van der Waals surface area contributed by atoms with E-state index in [2.05, 4.69) is 23.1 Å². The number of rotatable bonds is 8. The van der Waals surface area contributed by atoms with Crippen LogP contribution in [0.1, 0.15) is 39.5 Å². The highest BCUT2D eigenvalue weighted by molar-refractivity contribution is 8.00. The Hall–Kier alpha value is -1.53. The standard InChI is InChI=1S/C18H25ClN4OS/c1-5-22(16(24)12-18(25-4)9-7-10-18)15-13-23(21-17(15)19)14(2)8-6-11-20-3/h6,8,11,13H,3,5,7,9-10,12H2,1-2,4H3/b11-6-,14-8+.